The lowest BCUT2D eigenvalue weighted by atomic mass is 10.2. The van der Waals surface area contributed by atoms with Gasteiger partial charge in [-0.1, -0.05) is 32.0 Å². The van der Waals surface area contributed by atoms with Gasteiger partial charge in [-0.15, -0.1) is 0 Å². The minimum Gasteiger partial charge on any atom is -0.477 e. The highest BCUT2D eigenvalue weighted by atomic mass is 16.4. The molecule has 1 heterocycles. The molecule has 0 saturated carbocycles. The molecule has 5 nitrogen and oxygen atoms in total. The Hall–Kier alpha value is -2.43. The van der Waals surface area contributed by atoms with Crippen molar-refractivity contribution < 1.29 is 9.90 Å². The molecule has 0 bridgehead atoms. The van der Waals surface area contributed by atoms with Gasteiger partial charge in [0, 0.05) is 17.8 Å². The van der Waals surface area contributed by atoms with Gasteiger partial charge in [0.2, 0.25) is 0 Å². The Morgan fingerprint density at radius 1 is 1.26 bits per heavy atom. The second kappa shape index (κ2) is 5.48. The van der Waals surface area contributed by atoms with Crippen LogP contribution in [0.25, 0.3) is 0 Å². The zero-order chi connectivity index (χ0) is 13.8. The number of para-hydroxylation sites is 1. The van der Waals surface area contributed by atoms with Crippen LogP contribution in [0.15, 0.2) is 36.5 Å². The van der Waals surface area contributed by atoms with Gasteiger partial charge in [-0.05, 0) is 12.1 Å². The third kappa shape index (κ3) is 3.07. The quantitative estimate of drug-likeness (QED) is 0.880. The van der Waals surface area contributed by atoms with Crippen molar-refractivity contribution >= 4 is 17.5 Å². The minimum atomic E-state index is -1.05. The summed E-state index contributed by atoms with van der Waals surface area (Å²) in [7, 11) is 0. The van der Waals surface area contributed by atoms with Crippen LogP contribution in [0.5, 0.6) is 0 Å². The van der Waals surface area contributed by atoms with E-state index in [9.17, 15) is 4.79 Å². The molecule has 1 aromatic carbocycles. The van der Waals surface area contributed by atoms with Gasteiger partial charge < -0.3 is 10.4 Å². The number of aromatic nitrogens is 2. The molecule has 0 spiro atoms. The van der Waals surface area contributed by atoms with E-state index in [-0.39, 0.29) is 11.5 Å². The summed E-state index contributed by atoms with van der Waals surface area (Å²) in [6, 6.07) is 9.33. The lowest BCUT2D eigenvalue weighted by molar-refractivity contribution is 0.0697. The highest BCUT2D eigenvalue weighted by Crippen LogP contribution is 2.20. The van der Waals surface area contributed by atoms with Crippen LogP contribution in [0.3, 0.4) is 0 Å². The largest absolute Gasteiger partial charge is 0.477 e. The lowest BCUT2D eigenvalue weighted by Gasteiger charge is -2.11. The Morgan fingerprint density at radius 2 is 1.95 bits per heavy atom. The average molecular weight is 257 g/mol. The molecule has 2 N–H and O–H groups in total. The fourth-order valence-corrected chi connectivity index (χ4v) is 1.58. The van der Waals surface area contributed by atoms with E-state index in [4.69, 9.17) is 5.11 Å². The molecule has 0 radical (unpaired) electrons. The second-order valence-corrected chi connectivity index (χ2v) is 4.44. The Labute approximate surface area is 111 Å². The molecule has 98 valence electrons. The number of rotatable bonds is 4. The van der Waals surface area contributed by atoms with E-state index >= 15 is 0 Å². The van der Waals surface area contributed by atoms with Crippen molar-refractivity contribution in [1.29, 1.82) is 0 Å². The molecule has 1 aromatic heterocycles. The molecule has 19 heavy (non-hydrogen) atoms. The van der Waals surface area contributed by atoms with Crippen molar-refractivity contribution in [2.45, 2.75) is 19.8 Å². The first-order valence-electron chi connectivity index (χ1n) is 6.00. The average Bonchev–Trinajstić information content (AvgIpc) is 2.39. The number of carboxylic acid groups (broad SMARTS) is 1. The fraction of sp³-hybridized carbons (Fsp3) is 0.214. The summed E-state index contributed by atoms with van der Waals surface area (Å²) in [5.74, 6) is 0.0220. The molecule has 0 amide bonds. The smallest absolute Gasteiger partial charge is 0.341 e. The van der Waals surface area contributed by atoms with E-state index in [0.717, 1.165) is 5.69 Å². The maximum absolute atomic E-state index is 11.2. The summed E-state index contributed by atoms with van der Waals surface area (Å²) in [6.45, 7) is 3.92. The Morgan fingerprint density at radius 3 is 2.53 bits per heavy atom. The van der Waals surface area contributed by atoms with E-state index in [1.165, 1.54) is 6.20 Å². The molecule has 5 heteroatoms. The van der Waals surface area contributed by atoms with Crippen LogP contribution in [0.4, 0.5) is 11.5 Å². The first-order chi connectivity index (χ1) is 9.08. The summed E-state index contributed by atoms with van der Waals surface area (Å²) in [5.41, 5.74) is 0.853. The summed E-state index contributed by atoms with van der Waals surface area (Å²) >= 11 is 0. The summed E-state index contributed by atoms with van der Waals surface area (Å²) in [5, 5.41) is 12.2. The third-order valence-corrected chi connectivity index (χ3v) is 2.59. The number of nitrogens with one attached hydrogen (secondary N) is 1. The van der Waals surface area contributed by atoms with E-state index < -0.39 is 5.97 Å². The van der Waals surface area contributed by atoms with E-state index in [2.05, 4.69) is 15.3 Å². The van der Waals surface area contributed by atoms with Crippen molar-refractivity contribution in [3.63, 3.8) is 0 Å². The SMILES string of the molecule is CC(C)c1ncc(C(=O)O)c(Nc2ccccc2)n1. The van der Waals surface area contributed by atoms with Gasteiger partial charge in [0.25, 0.3) is 0 Å². The maximum Gasteiger partial charge on any atom is 0.341 e. The van der Waals surface area contributed by atoms with Crippen molar-refractivity contribution in [3.8, 4) is 0 Å². The predicted molar refractivity (Wildman–Crippen MR) is 72.8 cm³/mol. The number of nitrogens with zero attached hydrogens (tertiary/aromatic N) is 2. The van der Waals surface area contributed by atoms with Gasteiger partial charge in [-0.3, -0.25) is 0 Å². The molecule has 0 saturated heterocycles. The molecule has 0 aliphatic heterocycles. The zero-order valence-corrected chi connectivity index (χ0v) is 10.8. The number of hydrogen-bond acceptors (Lipinski definition) is 4. The summed E-state index contributed by atoms with van der Waals surface area (Å²) in [4.78, 5) is 19.5. The van der Waals surface area contributed by atoms with Crippen molar-refractivity contribution in [2.24, 2.45) is 0 Å². The van der Waals surface area contributed by atoms with Gasteiger partial charge in [-0.2, -0.15) is 0 Å². The topological polar surface area (TPSA) is 75.1 Å². The number of aromatic carboxylic acids is 1. The van der Waals surface area contributed by atoms with Crippen LogP contribution in [0, 0.1) is 0 Å². The highest BCUT2D eigenvalue weighted by Gasteiger charge is 2.15. The number of anilines is 2. The van der Waals surface area contributed by atoms with E-state index in [1.54, 1.807) is 0 Å². The van der Waals surface area contributed by atoms with Gasteiger partial charge in [0.1, 0.15) is 17.2 Å². The number of hydrogen-bond donors (Lipinski definition) is 2. The molecule has 0 unspecified atom stereocenters. The minimum absolute atomic E-state index is 0.0632. The number of carbonyl (C=O) groups is 1. The fourth-order valence-electron chi connectivity index (χ4n) is 1.58. The summed E-state index contributed by atoms with van der Waals surface area (Å²) in [6.07, 6.45) is 1.34. The zero-order valence-electron chi connectivity index (χ0n) is 10.8. The van der Waals surface area contributed by atoms with E-state index in [0.29, 0.717) is 11.6 Å². The molecule has 0 atom stereocenters. The highest BCUT2D eigenvalue weighted by molar-refractivity contribution is 5.93. The van der Waals surface area contributed by atoms with E-state index in [1.807, 2.05) is 44.2 Å². The first kappa shape index (κ1) is 13.0. The Bertz CT molecular complexity index is 582. The third-order valence-electron chi connectivity index (χ3n) is 2.59. The predicted octanol–water partition coefficient (Wildman–Crippen LogP) is 3.04. The van der Waals surface area contributed by atoms with Crippen molar-refractivity contribution in [1.82, 2.24) is 9.97 Å². The van der Waals surface area contributed by atoms with Crippen LogP contribution >= 0.6 is 0 Å². The second-order valence-electron chi connectivity index (χ2n) is 4.44. The molecule has 0 aliphatic rings. The molecular formula is C14H15N3O2. The maximum atomic E-state index is 11.2. The van der Waals surface area contributed by atoms with Crippen molar-refractivity contribution in [2.75, 3.05) is 5.32 Å². The lowest BCUT2D eigenvalue weighted by Crippen LogP contribution is -2.09. The molecule has 0 aliphatic carbocycles. The standard InChI is InChI=1S/C14H15N3O2/c1-9(2)12-15-8-11(14(18)19)13(17-12)16-10-6-4-3-5-7-10/h3-9H,1-2H3,(H,18,19)(H,15,16,17). The van der Waals surface area contributed by atoms with Crippen LogP contribution in [-0.4, -0.2) is 21.0 Å². The molecule has 0 fully saturated rings. The van der Waals surface area contributed by atoms with Crippen LogP contribution < -0.4 is 5.32 Å². The van der Waals surface area contributed by atoms with Crippen LogP contribution in [0.2, 0.25) is 0 Å². The number of benzene rings is 1. The molecular weight excluding hydrogens is 242 g/mol. The van der Waals surface area contributed by atoms with Crippen LogP contribution in [-0.2, 0) is 0 Å². The van der Waals surface area contributed by atoms with Crippen molar-refractivity contribution in [3.05, 3.63) is 47.9 Å². The normalized spacial score (nSPS) is 10.5. The Balaban J connectivity index is 2.41. The molecule has 2 rings (SSSR count). The van der Waals surface area contributed by atoms with Gasteiger partial charge in [0.15, 0.2) is 0 Å². The van der Waals surface area contributed by atoms with Gasteiger partial charge in [-0.25, -0.2) is 14.8 Å². The monoisotopic (exact) mass is 257 g/mol. The summed E-state index contributed by atoms with van der Waals surface area (Å²) < 4.78 is 0. The van der Waals surface area contributed by atoms with Crippen LogP contribution in [0.1, 0.15) is 35.9 Å². The first-order valence-corrected chi connectivity index (χ1v) is 6.00. The number of carboxylic acids is 1. The molecule has 2 aromatic rings. The van der Waals surface area contributed by atoms with Gasteiger partial charge in [0.05, 0.1) is 0 Å². The van der Waals surface area contributed by atoms with Gasteiger partial charge >= 0.3 is 5.97 Å². The Kier molecular flexibility index (Phi) is 3.75.